The lowest BCUT2D eigenvalue weighted by atomic mass is 9.96. The van der Waals surface area contributed by atoms with Crippen LogP contribution in [0.5, 0.6) is 0 Å². The van der Waals surface area contributed by atoms with E-state index in [9.17, 15) is 0 Å². The summed E-state index contributed by atoms with van der Waals surface area (Å²) in [7, 11) is 1.74. The Morgan fingerprint density at radius 1 is 1.38 bits per heavy atom. The van der Waals surface area contributed by atoms with Crippen LogP contribution < -0.4 is 0 Å². The molecule has 1 aromatic carbocycles. The SMILES string of the molecule is COC(C)CC(CCl)Cc1ccccc1Br. The minimum absolute atomic E-state index is 0.270. The van der Waals surface area contributed by atoms with Gasteiger partial charge in [0.25, 0.3) is 0 Å². The average Bonchev–Trinajstić information content (AvgIpc) is 2.30. The van der Waals surface area contributed by atoms with Crippen LogP contribution in [-0.2, 0) is 11.2 Å². The van der Waals surface area contributed by atoms with Crippen LogP contribution in [-0.4, -0.2) is 19.1 Å². The Bertz CT molecular complexity index is 317. The maximum atomic E-state index is 6.00. The molecular weight excluding hydrogens is 287 g/mol. The van der Waals surface area contributed by atoms with E-state index in [1.165, 1.54) is 5.56 Å². The summed E-state index contributed by atoms with van der Waals surface area (Å²) < 4.78 is 6.44. The maximum Gasteiger partial charge on any atom is 0.0546 e. The molecule has 1 nitrogen and oxygen atoms in total. The van der Waals surface area contributed by atoms with Crippen LogP contribution in [0.25, 0.3) is 0 Å². The molecule has 1 rings (SSSR count). The summed E-state index contributed by atoms with van der Waals surface area (Å²) in [5.74, 6) is 1.14. The molecule has 0 N–H and O–H groups in total. The molecule has 1 aromatic rings. The molecule has 2 unspecified atom stereocenters. The lowest BCUT2D eigenvalue weighted by Gasteiger charge is -2.18. The highest BCUT2D eigenvalue weighted by Gasteiger charge is 2.13. The fourth-order valence-electron chi connectivity index (χ4n) is 1.74. The van der Waals surface area contributed by atoms with E-state index in [2.05, 4.69) is 41.1 Å². The molecule has 0 radical (unpaired) electrons. The second kappa shape index (κ2) is 7.31. The van der Waals surface area contributed by atoms with Gasteiger partial charge in [0, 0.05) is 17.5 Å². The van der Waals surface area contributed by atoms with Crippen molar-refractivity contribution in [3.05, 3.63) is 34.3 Å². The van der Waals surface area contributed by atoms with Crippen molar-refractivity contribution in [2.75, 3.05) is 13.0 Å². The van der Waals surface area contributed by atoms with E-state index < -0.39 is 0 Å². The van der Waals surface area contributed by atoms with Crippen molar-refractivity contribution in [1.29, 1.82) is 0 Å². The molecule has 0 aromatic heterocycles. The van der Waals surface area contributed by atoms with Gasteiger partial charge in [-0.15, -0.1) is 11.6 Å². The highest BCUT2D eigenvalue weighted by molar-refractivity contribution is 9.10. The summed E-state index contributed by atoms with van der Waals surface area (Å²) in [4.78, 5) is 0. The number of benzene rings is 1. The lowest BCUT2D eigenvalue weighted by molar-refractivity contribution is 0.0978. The number of alkyl halides is 1. The molecule has 0 fully saturated rings. The molecule has 0 heterocycles. The van der Waals surface area contributed by atoms with Gasteiger partial charge in [-0.3, -0.25) is 0 Å². The van der Waals surface area contributed by atoms with Crippen molar-refractivity contribution >= 4 is 27.5 Å². The van der Waals surface area contributed by atoms with Crippen LogP contribution in [0.4, 0.5) is 0 Å². The fourth-order valence-corrected chi connectivity index (χ4v) is 2.42. The largest absolute Gasteiger partial charge is 0.382 e. The van der Waals surface area contributed by atoms with E-state index in [1.807, 2.05) is 6.07 Å². The summed E-state index contributed by atoms with van der Waals surface area (Å²) >= 11 is 9.56. The summed E-state index contributed by atoms with van der Waals surface area (Å²) in [6, 6.07) is 8.30. The van der Waals surface area contributed by atoms with E-state index in [1.54, 1.807) is 7.11 Å². The van der Waals surface area contributed by atoms with Crippen molar-refractivity contribution in [3.8, 4) is 0 Å². The third-order valence-corrected chi connectivity index (χ3v) is 3.96. The Hall–Kier alpha value is -0.0500. The Kier molecular flexibility index (Phi) is 6.40. The molecule has 0 aliphatic carbocycles. The number of hydrogen-bond donors (Lipinski definition) is 0. The molecule has 0 aliphatic heterocycles. The van der Waals surface area contributed by atoms with Gasteiger partial charge in [-0.25, -0.2) is 0 Å². The van der Waals surface area contributed by atoms with Crippen LogP contribution in [0, 0.1) is 5.92 Å². The molecule has 0 saturated carbocycles. The van der Waals surface area contributed by atoms with Gasteiger partial charge in [0.15, 0.2) is 0 Å². The van der Waals surface area contributed by atoms with Gasteiger partial charge in [0.2, 0.25) is 0 Å². The summed E-state index contributed by atoms with van der Waals surface area (Å²) in [6.07, 6.45) is 2.27. The van der Waals surface area contributed by atoms with E-state index >= 15 is 0 Å². The topological polar surface area (TPSA) is 9.23 Å². The number of hydrogen-bond acceptors (Lipinski definition) is 1. The molecule has 0 spiro atoms. The van der Waals surface area contributed by atoms with Gasteiger partial charge in [-0.2, -0.15) is 0 Å². The second-order valence-electron chi connectivity index (χ2n) is 4.10. The lowest BCUT2D eigenvalue weighted by Crippen LogP contribution is -2.16. The first-order chi connectivity index (χ1) is 7.67. The maximum absolute atomic E-state index is 6.00. The standard InChI is InChI=1S/C13H18BrClO/c1-10(16-2)7-11(9-15)8-12-5-3-4-6-13(12)14/h3-6,10-11H,7-9H2,1-2H3. The van der Waals surface area contributed by atoms with Gasteiger partial charge in [0.05, 0.1) is 6.10 Å². The molecule has 0 saturated heterocycles. The van der Waals surface area contributed by atoms with Crippen LogP contribution in [0.1, 0.15) is 18.9 Å². The van der Waals surface area contributed by atoms with E-state index in [0.717, 1.165) is 17.3 Å². The number of rotatable bonds is 6. The molecule has 16 heavy (non-hydrogen) atoms. The molecule has 0 aliphatic rings. The van der Waals surface area contributed by atoms with Crippen molar-refractivity contribution in [3.63, 3.8) is 0 Å². The summed E-state index contributed by atoms with van der Waals surface area (Å²) in [5, 5.41) is 0. The number of halogens is 2. The van der Waals surface area contributed by atoms with Gasteiger partial charge in [0.1, 0.15) is 0 Å². The number of ether oxygens (including phenoxy) is 1. The zero-order valence-corrected chi connectivity index (χ0v) is 12.1. The normalized spacial score (nSPS) is 14.8. The van der Waals surface area contributed by atoms with E-state index in [-0.39, 0.29) is 6.10 Å². The zero-order valence-electron chi connectivity index (χ0n) is 9.75. The first kappa shape index (κ1) is 14.0. The third kappa shape index (κ3) is 4.44. The van der Waals surface area contributed by atoms with Gasteiger partial charge < -0.3 is 4.74 Å². The molecule has 0 amide bonds. The van der Waals surface area contributed by atoms with Gasteiger partial charge in [-0.05, 0) is 37.3 Å². The van der Waals surface area contributed by atoms with Gasteiger partial charge >= 0.3 is 0 Å². The molecule has 3 heteroatoms. The molecule has 0 bridgehead atoms. The fraction of sp³-hybridized carbons (Fsp3) is 0.538. The van der Waals surface area contributed by atoms with E-state index in [0.29, 0.717) is 11.8 Å². The average molecular weight is 306 g/mol. The van der Waals surface area contributed by atoms with Crippen LogP contribution in [0.3, 0.4) is 0 Å². The minimum Gasteiger partial charge on any atom is -0.382 e. The van der Waals surface area contributed by atoms with Crippen LogP contribution in [0.15, 0.2) is 28.7 Å². The Labute approximate surface area is 111 Å². The first-order valence-electron chi connectivity index (χ1n) is 5.49. The minimum atomic E-state index is 0.270. The highest BCUT2D eigenvalue weighted by atomic mass is 79.9. The molecule has 90 valence electrons. The van der Waals surface area contributed by atoms with Crippen LogP contribution in [0.2, 0.25) is 0 Å². The quantitative estimate of drug-likeness (QED) is 0.713. The van der Waals surface area contributed by atoms with Gasteiger partial charge in [-0.1, -0.05) is 34.1 Å². The van der Waals surface area contributed by atoms with Crippen molar-refractivity contribution in [2.24, 2.45) is 5.92 Å². The first-order valence-corrected chi connectivity index (χ1v) is 6.82. The predicted molar refractivity (Wildman–Crippen MR) is 73.1 cm³/mol. The Balaban J connectivity index is 2.60. The molecule has 2 atom stereocenters. The highest BCUT2D eigenvalue weighted by Crippen LogP contribution is 2.22. The third-order valence-electron chi connectivity index (χ3n) is 2.75. The van der Waals surface area contributed by atoms with Crippen LogP contribution >= 0.6 is 27.5 Å². The zero-order chi connectivity index (χ0) is 12.0. The monoisotopic (exact) mass is 304 g/mol. The van der Waals surface area contributed by atoms with Crippen molar-refractivity contribution in [2.45, 2.75) is 25.9 Å². The smallest absolute Gasteiger partial charge is 0.0546 e. The Morgan fingerprint density at radius 2 is 2.06 bits per heavy atom. The number of methoxy groups -OCH3 is 1. The second-order valence-corrected chi connectivity index (χ2v) is 5.26. The van der Waals surface area contributed by atoms with E-state index in [4.69, 9.17) is 16.3 Å². The molecular formula is C13H18BrClO. The predicted octanol–water partition coefficient (Wildman–Crippen LogP) is 4.27. The summed E-state index contributed by atoms with van der Waals surface area (Å²) in [6.45, 7) is 2.08. The Morgan fingerprint density at radius 3 is 2.62 bits per heavy atom. The van der Waals surface area contributed by atoms with Crippen molar-refractivity contribution in [1.82, 2.24) is 0 Å². The van der Waals surface area contributed by atoms with Crippen molar-refractivity contribution < 1.29 is 4.74 Å². The summed E-state index contributed by atoms with van der Waals surface area (Å²) in [5.41, 5.74) is 1.32.